The van der Waals surface area contributed by atoms with Crippen molar-refractivity contribution < 1.29 is 14.3 Å². The first-order chi connectivity index (χ1) is 13.1. The Bertz CT molecular complexity index is 1060. The van der Waals surface area contributed by atoms with E-state index in [0.29, 0.717) is 33.7 Å². The number of ether oxygens (including phenoxy) is 2. The fourth-order valence-electron chi connectivity index (χ4n) is 2.77. The van der Waals surface area contributed by atoms with Crippen LogP contribution in [-0.4, -0.2) is 5.78 Å². The van der Waals surface area contributed by atoms with E-state index in [9.17, 15) is 4.79 Å². The predicted octanol–water partition coefficient (Wildman–Crippen LogP) is 6.19. The first kappa shape index (κ1) is 17.7. The Hall–Kier alpha value is -2.75. The van der Waals surface area contributed by atoms with Gasteiger partial charge >= 0.3 is 0 Å². The molecule has 0 saturated carbocycles. The van der Waals surface area contributed by atoms with Gasteiger partial charge in [0.15, 0.2) is 5.76 Å². The van der Waals surface area contributed by atoms with E-state index in [0.717, 1.165) is 11.1 Å². The van der Waals surface area contributed by atoms with Crippen molar-refractivity contribution in [2.45, 2.75) is 6.61 Å². The van der Waals surface area contributed by atoms with Gasteiger partial charge in [0.1, 0.15) is 18.1 Å². The molecular formula is C22H14Cl2O3. The number of hydrogen-bond acceptors (Lipinski definition) is 3. The highest BCUT2D eigenvalue weighted by molar-refractivity contribution is 6.32. The smallest absolute Gasteiger partial charge is 0.231 e. The van der Waals surface area contributed by atoms with Crippen LogP contribution < -0.4 is 9.47 Å². The van der Waals surface area contributed by atoms with Crippen LogP contribution in [0.5, 0.6) is 11.5 Å². The van der Waals surface area contributed by atoms with Gasteiger partial charge in [-0.2, -0.15) is 0 Å². The molecule has 134 valence electrons. The molecule has 1 heterocycles. The molecule has 0 unspecified atom stereocenters. The maximum Gasteiger partial charge on any atom is 0.231 e. The number of allylic oxidation sites excluding steroid dienone is 1. The number of rotatable bonds is 4. The number of fused-ring (bicyclic) bond motifs is 1. The topological polar surface area (TPSA) is 35.5 Å². The quantitative estimate of drug-likeness (QED) is 0.493. The second kappa shape index (κ2) is 7.47. The molecule has 27 heavy (non-hydrogen) atoms. The van der Waals surface area contributed by atoms with Crippen LogP contribution in [0.25, 0.3) is 6.08 Å². The molecule has 5 heteroatoms. The minimum absolute atomic E-state index is 0.178. The molecule has 3 nitrogen and oxygen atoms in total. The van der Waals surface area contributed by atoms with E-state index in [1.165, 1.54) is 0 Å². The maximum absolute atomic E-state index is 12.6. The van der Waals surface area contributed by atoms with Crippen LogP contribution >= 0.6 is 23.2 Å². The highest BCUT2D eigenvalue weighted by Crippen LogP contribution is 2.35. The van der Waals surface area contributed by atoms with Crippen molar-refractivity contribution in [3.8, 4) is 11.5 Å². The number of halogens is 2. The second-order valence-electron chi connectivity index (χ2n) is 6.00. The summed E-state index contributed by atoms with van der Waals surface area (Å²) < 4.78 is 11.5. The molecule has 3 aromatic carbocycles. The fourth-order valence-corrected chi connectivity index (χ4v) is 3.15. The van der Waals surface area contributed by atoms with E-state index in [1.54, 1.807) is 30.3 Å². The fraction of sp³-hybridized carbons (Fsp3) is 0.0455. The Labute approximate surface area is 166 Å². The molecule has 0 fully saturated rings. The number of hydrogen-bond donors (Lipinski definition) is 0. The van der Waals surface area contributed by atoms with E-state index in [1.807, 2.05) is 42.5 Å². The lowest BCUT2D eigenvalue weighted by molar-refractivity contribution is 0.101. The molecule has 1 aliphatic heterocycles. The maximum atomic E-state index is 12.6. The SMILES string of the molecule is O=C1C(=Cc2ccccc2Cl)Oc2cc(OCc3ccccc3Cl)ccc21. The standard InChI is InChI=1S/C22H14Cl2O3/c23-18-7-3-1-5-14(18)11-21-22(25)17-10-9-16(12-20(17)27-21)26-13-15-6-2-4-8-19(15)24/h1-12H,13H2. The van der Waals surface area contributed by atoms with Crippen LogP contribution in [0.2, 0.25) is 10.0 Å². The minimum Gasteiger partial charge on any atom is -0.489 e. The van der Waals surface area contributed by atoms with Crippen LogP contribution in [0.1, 0.15) is 21.5 Å². The van der Waals surface area contributed by atoms with Gasteiger partial charge in [0.25, 0.3) is 0 Å². The lowest BCUT2D eigenvalue weighted by atomic mass is 10.1. The molecular weight excluding hydrogens is 383 g/mol. The van der Waals surface area contributed by atoms with Crippen molar-refractivity contribution in [1.29, 1.82) is 0 Å². The van der Waals surface area contributed by atoms with Crippen molar-refractivity contribution in [3.63, 3.8) is 0 Å². The van der Waals surface area contributed by atoms with Crippen molar-refractivity contribution in [1.82, 2.24) is 0 Å². The third kappa shape index (κ3) is 3.70. The van der Waals surface area contributed by atoms with Gasteiger partial charge in [0.05, 0.1) is 5.56 Å². The summed E-state index contributed by atoms with van der Waals surface area (Å²) in [5.41, 5.74) is 2.11. The highest BCUT2D eigenvalue weighted by Gasteiger charge is 2.28. The number of carbonyl (C=O) groups excluding carboxylic acids is 1. The number of carbonyl (C=O) groups is 1. The van der Waals surface area contributed by atoms with Gasteiger partial charge in [-0.25, -0.2) is 0 Å². The number of ketones is 1. The lowest BCUT2D eigenvalue weighted by Crippen LogP contribution is -1.98. The molecule has 0 spiro atoms. The molecule has 0 aliphatic carbocycles. The monoisotopic (exact) mass is 396 g/mol. The summed E-state index contributed by atoms with van der Waals surface area (Å²) in [5, 5.41) is 1.20. The summed E-state index contributed by atoms with van der Waals surface area (Å²) in [6.07, 6.45) is 1.65. The summed E-state index contributed by atoms with van der Waals surface area (Å²) >= 11 is 12.3. The van der Waals surface area contributed by atoms with Gasteiger partial charge in [0.2, 0.25) is 5.78 Å². The summed E-state index contributed by atoms with van der Waals surface area (Å²) in [6.45, 7) is 0.328. The van der Waals surface area contributed by atoms with Crippen LogP contribution in [0.15, 0.2) is 72.5 Å². The molecule has 0 aromatic heterocycles. The predicted molar refractivity (Wildman–Crippen MR) is 107 cm³/mol. The van der Waals surface area contributed by atoms with Crippen molar-refractivity contribution in [2.75, 3.05) is 0 Å². The molecule has 0 bridgehead atoms. The molecule has 0 saturated heterocycles. The molecule has 1 aliphatic rings. The summed E-state index contributed by atoms with van der Waals surface area (Å²) in [4.78, 5) is 12.6. The van der Waals surface area contributed by atoms with E-state index in [2.05, 4.69) is 0 Å². The average Bonchev–Trinajstić information content (AvgIpc) is 2.98. The van der Waals surface area contributed by atoms with Crippen LogP contribution in [0.3, 0.4) is 0 Å². The summed E-state index contributed by atoms with van der Waals surface area (Å²) in [5.74, 6) is 1.12. The Kier molecular flexibility index (Phi) is 4.88. The Morgan fingerprint density at radius 2 is 1.67 bits per heavy atom. The van der Waals surface area contributed by atoms with Crippen molar-refractivity contribution in [2.24, 2.45) is 0 Å². The zero-order valence-corrected chi connectivity index (χ0v) is 15.6. The van der Waals surface area contributed by atoms with Gasteiger partial charge in [0, 0.05) is 21.7 Å². The zero-order chi connectivity index (χ0) is 18.8. The van der Waals surface area contributed by atoms with E-state index < -0.39 is 0 Å². The third-order valence-corrected chi connectivity index (χ3v) is 4.90. The lowest BCUT2D eigenvalue weighted by Gasteiger charge is -2.08. The summed E-state index contributed by atoms with van der Waals surface area (Å²) in [6, 6.07) is 19.9. The summed E-state index contributed by atoms with van der Waals surface area (Å²) in [7, 11) is 0. The molecule has 0 N–H and O–H groups in total. The van der Waals surface area contributed by atoms with Crippen LogP contribution in [0, 0.1) is 0 Å². The molecule has 0 radical (unpaired) electrons. The van der Waals surface area contributed by atoms with Gasteiger partial charge < -0.3 is 9.47 Å². The first-order valence-electron chi connectivity index (χ1n) is 8.31. The van der Waals surface area contributed by atoms with E-state index >= 15 is 0 Å². The molecule has 3 aromatic rings. The van der Waals surface area contributed by atoms with Gasteiger partial charge in [-0.05, 0) is 35.9 Å². The zero-order valence-electron chi connectivity index (χ0n) is 14.1. The van der Waals surface area contributed by atoms with Crippen LogP contribution in [0.4, 0.5) is 0 Å². The number of benzene rings is 3. The molecule has 0 atom stereocenters. The van der Waals surface area contributed by atoms with E-state index in [4.69, 9.17) is 32.7 Å². The molecule has 4 rings (SSSR count). The first-order valence-corrected chi connectivity index (χ1v) is 9.06. The second-order valence-corrected chi connectivity index (χ2v) is 6.81. The average molecular weight is 397 g/mol. The Morgan fingerprint density at radius 1 is 0.926 bits per heavy atom. The van der Waals surface area contributed by atoms with Crippen LogP contribution in [-0.2, 0) is 6.61 Å². The minimum atomic E-state index is -0.178. The normalized spacial score (nSPS) is 14.1. The number of Topliss-reactive ketones (excluding diaryl/α,β-unsaturated/α-hetero) is 1. The van der Waals surface area contributed by atoms with Crippen molar-refractivity contribution >= 4 is 35.1 Å². The Morgan fingerprint density at radius 3 is 2.44 bits per heavy atom. The van der Waals surface area contributed by atoms with E-state index in [-0.39, 0.29) is 11.5 Å². The largest absolute Gasteiger partial charge is 0.489 e. The third-order valence-electron chi connectivity index (χ3n) is 4.19. The highest BCUT2D eigenvalue weighted by atomic mass is 35.5. The van der Waals surface area contributed by atoms with Gasteiger partial charge in [-0.15, -0.1) is 0 Å². The van der Waals surface area contributed by atoms with Gasteiger partial charge in [-0.1, -0.05) is 59.6 Å². The van der Waals surface area contributed by atoms with Crippen molar-refractivity contribution in [3.05, 3.63) is 99.2 Å². The van der Waals surface area contributed by atoms with Gasteiger partial charge in [-0.3, -0.25) is 4.79 Å². The Balaban J connectivity index is 1.54. The molecule has 0 amide bonds.